The molecule has 2 aliphatic heterocycles. The minimum atomic E-state index is -0.933. The number of hydrogen-bond acceptors (Lipinski definition) is 5. The molecule has 0 aromatic carbocycles. The zero-order valence-corrected chi connectivity index (χ0v) is 10.0. The molecule has 6 nitrogen and oxygen atoms in total. The van der Waals surface area contributed by atoms with Crippen LogP contribution in [0.5, 0.6) is 0 Å². The summed E-state index contributed by atoms with van der Waals surface area (Å²) in [6, 6.07) is 0. The van der Waals surface area contributed by atoms with Gasteiger partial charge >= 0.3 is 11.9 Å². The molecule has 0 bridgehead atoms. The Bertz CT molecular complexity index is 572. The van der Waals surface area contributed by atoms with Gasteiger partial charge in [-0.3, -0.25) is 14.4 Å². The number of esters is 2. The topological polar surface area (TPSA) is 80.8 Å². The third-order valence-corrected chi connectivity index (χ3v) is 3.52. The summed E-state index contributed by atoms with van der Waals surface area (Å²) in [5, 5.41) is 0. The Morgan fingerprint density at radius 3 is 2.63 bits per heavy atom. The van der Waals surface area contributed by atoms with E-state index in [9.17, 15) is 19.2 Å². The van der Waals surface area contributed by atoms with Crippen LogP contribution in [0.4, 0.5) is 0 Å². The molecule has 2 amide bonds. The molecular formula is C13H11NO5. The van der Waals surface area contributed by atoms with E-state index in [2.05, 4.69) is 4.74 Å². The fraction of sp³-hybridized carbons (Fsp3) is 0.385. The number of imide groups is 1. The molecule has 0 spiro atoms. The van der Waals surface area contributed by atoms with Gasteiger partial charge < -0.3 is 4.74 Å². The molecule has 1 aliphatic carbocycles. The van der Waals surface area contributed by atoms with E-state index in [4.69, 9.17) is 0 Å². The number of amides is 2. The lowest BCUT2D eigenvalue weighted by atomic mass is 9.90. The predicted molar refractivity (Wildman–Crippen MR) is 61.1 cm³/mol. The Morgan fingerprint density at radius 2 is 1.95 bits per heavy atom. The van der Waals surface area contributed by atoms with Gasteiger partial charge in [0.1, 0.15) is 5.70 Å². The SMILES string of the molecule is O=C1CC=C(N2C(=O)C3=CCCC[C@H]3C2=O)C(=O)O1. The van der Waals surface area contributed by atoms with Crippen molar-refractivity contribution in [2.75, 3.05) is 0 Å². The number of ether oxygens (including phenoxy) is 1. The molecule has 0 aromatic rings. The van der Waals surface area contributed by atoms with Crippen LogP contribution in [0.2, 0.25) is 0 Å². The molecule has 98 valence electrons. The molecule has 1 saturated heterocycles. The van der Waals surface area contributed by atoms with Crippen LogP contribution in [-0.4, -0.2) is 28.7 Å². The number of cyclic esters (lactones) is 2. The van der Waals surface area contributed by atoms with Crippen molar-refractivity contribution in [1.29, 1.82) is 0 Å². The van der Waals surface area contributed by atoms with Crippen molar-refractivity contribution in [2.24, 2.45) is 5.92 Å². The van der Waals surface area contributed by atoms with Gasteiger partial charge in [-0.1, -0.05) is 6.08 Å². The number of likely N-dealkylation sites (tertiary alicyclic amines) is 1. The van der Waals surface area contributed by atoms with Crippen molar-refractivity contribution >= 4 is 23.8 Å². The average molecular weight is 261 g/mol. The molecule has 0 N–H and O–H groups in total. The van der Waals surface area contributed by atoms with Crippen LogP contribution in [0.15, 0.2) is 23.4 Å². The smallest absolute Gasteiger partial charge is 0.362 e. The van der Waals surface area contributed by atoms with Crippen molar-refractivity contribution in [3.63, 3.8) is 0 Å². The summed E-state index contributed by atoms with van der Waals surface area (Å²) in [6.07, 6.45) is 5.16. The zero-order valence-electron chi connectivity index (χ0n) is 10.0. The highest BCUT2D eigenvalue weighted by Crippen LogP contribution is 2.36. The molecule has 3 rings (SSSR count). The van der Waals surface area contributed by atoms with E-state index in [0.29, 0.717) is 12.0 Å². The second-order valence-corrected chi connectivity index (χ2v) is 4.68. The molecule has 0 radical (unpaired) electrons. The van der Waals surface area contributed by atoms with E-state index < -0.39 is 29.7 Å². The lowest BCUT2D eigenvalue weighted by Crippen LogP contribution is -2.36. The van der Waals surface area contributed by atoms with Gasteiger partial charge in [0, 0.05) is 5.57 Å². The number of allylic oxidation sites excluding steroid dienone is 1. The Kier molecular flexibility index (Phi) is 2.58. The van der Waals surface area contributed by atoms with Crippen LogP contribution in [-0.2, 0) is 23.9 Å². The Labute approximate surface area is 108 Å². The van der Waals surface area contributed by atoms with Crippen LogP contribution in [0.1, 0.15) is 25.7 Å². The van der Waals surface area contributed by atoms with Gasteiger partial charge in [-0.2, -0.15) is 0 Å². The second-order valence-electron chi connectivity index (χ2n) is 4.68. The summed E-state index contributed by atoms with van der Waals surface area (Å²) in [6.45, 7) is 0. The Balaban J connectivity index is 1.98. The molecule has 19 heavy (non-hydrogen) atoms. The zero-order chi connectivity index (χ0) is 13.6. The van der Waals surface area contributed by atoms with Crippen molar-refractivity contribution in [3.05, 3.63) is 23.4 Å². The normalized spacial score (nSPS) is 26.9. The molecule has 0 aromatic heterocycles. The van der Waals surface area contributed by atoms with E-state index in [-0.39, 0.29) is 12.1 Å². The first-order chi connectivity index (χ1) is 9.09. The number of nitrogens with zero attached hydrogens (tertiary/aromatic N) is 1. The van der Waals surface area contributed by atoms with Gasteiger partial charge in [-0.15, -0.1) is 0 Å². The fourth-order valence-electron chi connectivity index (χ4n) is 2.63. The molecule has 0 saturated carbocycles. The van der Waals surface area contributed by atoms with Gasteiger partial charge in [0.25, 0.3) is 5.91 Å². The number of fused-ring (bicyclic) bond motifs is 1. The maximum atomic E-state index is 12.2. The first-order valence-corrected chi connectivity index (χ1v) is 6.13. The highest BCUT2D eigenvalue weighted by atomic mass is 16.6. The monoisotopic (exact) mass is 261 g/mol. The summed E-state index contributed by atoms with van der Waals surface area (Å²) in [7, 11) is 0. The largest absolute Gasteiger partial charge is 0.388 e. The molecule has 3 aliphatic rings. The molecular weight excluding hydrogens is 250 g/mol. The van der Waals surface area contributed by atoms with Gasteiger partial charge in [0.15, 0.2) is 0 Å². The number of carbonyl (C=O) groups excluding carboxylic acids is 4. The van der Waals surface area contributed by atoms with Gasteiger partial charge in [0.2, 0.25) is 5.91 Å². The van der Waals surface area contributed by atoms with Gasteiger partial charge in [-0.25, -0.2) is 9.69 Å². The van der Waals surface area contributed by atoms with E-state index in [1.54, 1.807) is 6.08 Å². The quantitative estimate of drug-likeness (QED) is 0.388. The van der Waals surface area contributed by atoms with E-state index in [1.807, 2.05) is 0 Å². The summed E-state index contributed by atoms with van der Waals surface area (Å²) in [5.41, 5.74) is 0.326. The molecule has 6 heteroatoms. The lowest BCUT2D eigenvalue weighted by molar-refractivity contribution is -0.160. The first-order valence-electron chi connectivity index (χ1n) is 6.13. The highest BCUT2D eigenvalue weighted by Gasteiger charge is 2.47. The van der Waals surface area contributed by atoms with Crippen LogP contribution in [0.25, 0.3) is 0 Å². The van der Waals surface area contributed by atoms with Crippen molar-refractivity contribution < 1.29 is 23.9 Å². The van der Waals surface area contributed by atoms with Crippen molar-refractivity contribution in [2.45, 2.75) is 25.7 Å². The van der Waals surface area contributed by atoms with Crippen molar-refractivity contribution in [3.8, 4) is 0 Å². The minimum Gasteiger partial charge on any atom is -0.388 e. The van der Waals surface area contributed by atoms with E-state index >= 15 is 0 Å². The third kappa shape index (κ3) is 1.71. The lowest BCUT2D eigenvalue weighted by Gasteiger charge is -2.19. The molecule has 1 fully saturated rings. The molecule has 0 unspecified atom stereocenters. The predicted octanol–water partition coefficient (Wildman–Crippen LogP) is 0.439. The van der Waals surface area contributed by atoms with Crippen molar-refractivity contribution in [1.82, 2.24) is 4.90 Å². The van der Waals surface area contributed by atoms with Crippen LogP contribution in [0.3, 0.4) is 0 Å². The summed E-state index contributed by atoms with van der Waals surface area (Å²) >= 11 is 0. The Hall–Kier alpha value is -2.24. The molecule has 2 heterocycles. The fourth-order valence-corrected chi connectivity index (χ4v) is 2.63. The standard InChI is InChI=1S/C13H11NO5/c15-10-6-5-9(13(18)19-10)14-11(16)7-3-1-2-4-8(7)12(14)17/h3,5,8H,1-2,4,6H2/t8-/m1/s1. The third-order valence-electron chi connectivity index (χ3n) is 3.52. The van der Waals surface area contributed by atoms with Gasteiger partial charge in [-0.05, 0) is 25.3 Å². The second kappa shape index (κ2) is 4.15. The minimum absolute atomic E-state index is 0.109. The van der Waals surface area contributed by atoms with Gasteiger partial charge in [0.05, 0.1) is 12.3 Å². The highest BCUT2D eigenvalue weighted by molar-refractivity contribution is 6.20. The van der Waals surface area contributed by atoms with Crippen LogP contribution < -0.4 is 0 Å². The molecule has 1 atom stereocenters. The summed E-state index contributed by atoms with van der Waals surface area (Å²) < 4.78 is 4.45. The maximum absolute atomic E-state index is 12.2. The van der Waals surface area contributed by atoms with E-state index in [1.165, 1.54) is 6.08 Å². The van der Waals surface area contributed by atoms with Crippen LogP contribution in [0, 0.1) is 5.92 Å². The van der Waals surface area contributed by atoms with Crippen LogP contribution >= 0.6 is 0 Å². The number of rotatable bonds is 1. The summed E-state index contributed by atoms with van der Waals surface area (Å²) in [4.78, 5) is 47.8. The first kappa shape index (κ1) is 11.8. The average Bonchev–Trinajstić information content (AvgIpc) is 2.64. The van der Waals surface area contributed by atoms with E-state index in [0.717, 1.165) is 17.7 Å². The number of carbonyl (C=O) groups is 4. The Morgan fingerprint density at radius 1 is 1.16 bits per heavy atom. The summed E-state index contributed by atoms with van der Waals surface area (Å²) in [5.74, 6) is -2.92. The maximum Gasteiger partial charge on any atom is 0.362 e. The number of hydrogen-bond donors (Lipinski definition) is 0.